The summed E-state index contributed by atoms with van der Waals surface area (Å²) >= 11 is 0. The Balaban J connectivity index is 1.65. The van der Waals surface area contributed by atoms with Crippen LogP contribution in [0.25, 0.3) is 0 Å². The van der Waals surface area contributed by atoms with Crippen LogP contribution in [0.2, 0.25) is 0 Å². The van der Waals surface area contributed by atoms with Gasteiger partial charge < -0.3 is 16.0 Å². The van der Waals surface area contributed by atoms with Gasteiger partial charge in [-0.1, -0.05) is 18.6 Å². The number of hydrogen-bond donors (Lipinski definition) is 3. The summed E-state index contributed by atoms with van der Waals surface area (Å²) in [5.41, 5.74) is 1.30. The minimum Gasteiger partial charge on any atom is -0.381 e. The fourth-order valence-electron chi connectivity index (χ4n) is 2.62. The molecule has 2 aliphatic rings. The maximum absolute atomic E-state index is 3.65. The van der Waals surface area contributed by atoms with Crippen LogP contribution >= 0.6 is 0 Å². The van der Waals surface area contributed by atoms with E-state index in [1.54, 1.807) is 0 Å². The molecule has 1 fully saturated rings. The van der Waals surface area contributed by atoms with Gasteiger partial charge in [-0.15, -0.1) is 0 Å². The van der Waals surface area contributed by atoms with Crippen molar-refractivity contribution in [1.82, 2.24) is 16.0 Å². The van der Waals surface area contributed by atoms with E-state index in [2.05, 4.69) is 48.0 Å². The topological polar surface area (TPSA) is 36.1 Å². The van der Waals surface area contributed by atoms with Gasteiger partial charge in [-0.3, -0.25) is 0 Å². The van der Waals surface area contributed by atoms with Gasteiger partial charge in [0.15, 0.2) is 0 Å². The van der Waals surface area contributed by atoms with Gasteiger partial charge >= 0.3 is 0 Å². The first-order valence-electron chi connectivity index (χ1n) is 6.84. The quantitative estimate of drug-likeness (QED) is 0.692. The van der Waals surface area contributed by atoms with Gasteiger partial charge in [0.1, 0.15) is 0 Å². The van der Waals surface area contributed by atoms with Gasteiger partial charge in [-0.25, -0.2) is 0 Å². The molecule has 0 spiro atoms. The lowest BCUT2D eigenvalue weighted by Crippen LogP contribution is -2.47. The molecule has 2 heterocycles. The third-order valence-electron chi connectivity index (χ3n) is 3.53. The molecule has 1 saturated heterocycles. The van der Waals surface area contributed by atoms with Gasteiger partial charge in [-0.05, 0) is 32.8 Å². The first-order valence-corrected chi connectivity index (χ1v) is 6.84. The predicted molar refractivity (Wildman–Crippen MR) is 72.9 cm³/mol. The van der Waals surface area contributed by atoms with Crippen LogP contribution in [-0.4, -0.2) is 31.2 Å². The number of dihydropyridines is 1. The molecule has 3 unspecified atom stereocenters. The molecule has 3 atom stereocenters. The van der Waals surface area contributed by atoms with Gasteiger partial charge in [-0.2, -0.15) is 0 Å². The fraction of sp³-hybridized carbons (Fsp3) is 0.714. The second-order valence-electron chi connectivity index (χ2n) is 5.34. The van der Waals surface area contributed by atoms with Gasteiger partial charge in [0, 0.05) is 36.9 Å². The molecule has 96 valence electrons. The van der Waals surface area contributed by atoms with Crippen LogP contribution in [0.1, 0.15) is 33.1 Å². The summed E-state index contributed by atoms with van der Waals surface area (Å²) < 4.78 is 0. The van der Waals surface area contributed by atoms with Gasteiger partial charge in [0.25, 0.3) is 0 Å². The molecule has 2 rings (SSSR count). The van der Waals surface area contributed by atoms with Crippen molar-refractivity contribution in [3.05, 3.63) is 23.9 Å². The van der Waals surface area contributed by atoms with Crippen LogP contribution in [0, 0.1) is 0 Å². The zero-order chi connectivity index (χ0) is 12.1. The molecule has 0 saturated carbocycles. The molecule has 3 N–H and O–H groups in total. The van der Waals surface area contributed by atoms with Crippen molar-refractivity contribution in [2.75, 3.05) is 13.1 Å². The average Bonchev–Trinajstić information content (AvgIpc) is 2.29. The van der Waals surface area contributed by atoms with Crippen molar-refractivity contribution in [1.29, 1.82) is 0 Å². The van der Waals surface area contributed by atoms with E-state index >= 15 is 0 Å². The molecule has 0 bridgehead atoms. The molecule has 0 aromatic rings. The Morgan fingerprint density at radius 1 is 1.35 bits per heavy atom. The van der Waals surface area contributed by atoms with E-state index in [1.807, 2.05) is 0 Å². The summed E-state index contributed by atoms with van der Waals surface area (Å²) in [5.74, 6) is 0. The average molecular weight is 235 g/mol. The van der Waals surface area contributed by atoms with Crippen LogP contribution in [0.5, 0.6) is 0 Å². The molecule has 2 aliphatic heterocycles. The molecule has 3 heteroatoms. The van der Waals surface area contributed by atoms with Gasteiger partial charge in [0.05, 0.1) is 0 Å². The SMILES string of the molecule is CC1C=CC=C(CNCC2CCCC(C)N2)N1. The van der Waals surface area contributed by atoms with E-state index in [-0.39, 0.29) is 0 Å². The molecule has 0 amide bonds. The first kappa shape index (κ1) is 12.7. The number of piperidine rings is 1. The minimum atomic E-state index is 0.463. The predicted octanol–water partition coefficient (Wildman–Crippen LogP) is 1.54. The standard InChI is InChI=1S/C14H25N3/c1-11-5-3-7-13(16-11)9-15-10-14-8-4-6-12(2)17-14/h3,5,7,11-12,14-17H,4,6,8-10H2,1-2H3. The fourth-order valence-corrected chi connectivity index (χ4v) is 2.62. The highest BCUT2D eigenvalue weighted by atomic mass is 15.0. The molecule has 17 heavy (non-hydrogen) atoms. The Kier molecular flexibility index (Phi) is 4.63. The van der Waals surface area contributed by atoms with Crippen molar-refractivity contribution < 1.29 is 0 Å². The molecule has 0 aliphatic carbocycles. The second kappa shape index (κ2) is 6.22. The van der Waals surface area contributed by atoms with Crippen LogP contribution < -0.4 is 16.0 Å². The number of allylic oxidation sites excluding steroid dienone is 2. The molecule has 0 aromatic heterocycles. The Labute approximate surface area is 105 Å². The van der Waals surface area contributed by atoms with Crippen LogP contribution in [0.15, 0.2) is 23.9 Å². The lowest BCUT2D eigenvalue weighted by atomic mass is 10.00. The highest BCUT2D eigenvalue weighted by molar-refractivity contribution is 5.20. The van der Waals surface area contributed by atoms with Crippen LogP contribution in [0.4, 0.5) is 0 Å². The Hall–Kier alpha value is -0.800. The Bertz CT molecular complexity index is 296. The van der Waals surface area contributed by atoms with E-state index in [1.165, 1.54) is 25.0 Å². The summed E-state index contributed by atoms with van der Waals surface area (Å²) in [7, 11) is 0. The highest BCUT2D eigenvalue weighted by Crippen LogP contribution is 2.11. The maximum Gasteiger partial charge on any atom is 0.0416 e. The number of nitrogens with one attached hydrogen (secondary N) is 3. The zero-order valence-corrected chi connectivity index (χ0v) is 11.0. The van der Waals surface area contributed by atoms with Crippen molar-refractivity contribution in [2.24, 2.45) is 0 Å². The van der Waals surface area contributed by atoms with E-state index in [9.17, 15) is 0 Å². The lowest BCUT2D eigenvalue weighted by molar-refractivity contribution is 0.326. The van der Waals surface area contributed by atoms with Crippen molar-refractivity contribution in [3.63, 3.8) is 0 Å². The minimum absolute atomic E-state index is 0.463. The molecule has 3 nitrogen and oxygen atoms in total. The maximum atomic E-state index is 3.65. The van der Waals surface area contributed by atoms with Crippen molar-refractivity contribution in [2.45, 2.75) is 51.2 Å². The number of hydrogen-bond acceptors (Lipinski definition) is 3. The molecule has 0 radical (unpaired) electrons. The van der Waals surface area contributed by atoms with Crippen LogP contribution in [-0.2, 0) is 0 Å². The molecular weight excluding hydrogens is 210 g/mol. The third kappa shape index (κ3) is 4.17. The van der Waals surface area contributed by atoms with Crippen molar-refractivity contribution in [3.8, 4) is 0 Å². The van der Waals surface area contributed by atoms with Gasteiger partial charge in [0.2, 0.25) is 0 Å². The lowest BCUT2D eigenvalue weighted by Gasteiger charge is -2.29. The van der Waals surface area contributed by atoms with Crippen molar-refractivity contribution >= 4 is 0 Å². The van der Waals surface area contributed by atoms with E-state index in [0.29, 0.717) is 18.1 Å². The van der Waals surface area contributed by atoms with E-state index < -0.39 is 0 Å². The molecule has 0 aromatic carbocycles. The largest absolute Gasteiger partial charge is 0.381 e. The van der Waals surface area contributed by atoms with E-state index in [0.717, 1.165) is 13.1 Å². The number of rotatable bonds is 4. The van der Waals surface area contributed by atoms with Crippen LogP contribution in [0.3, 0.4) is 0 Å². The monoisotopic (exact) mass is 235 g/mol. The highest BCUT2D eigenvalue weighted by Gasteiger charge is 2.17. The summed E-state index contributed by atoms with van der Waals surface area (Å²) in [6.07, 6.45) is 10.5. The third-order valence-corrected chi connectivity index (χ3v) is 3.53. The summed E-state index contributed by atoms with van der Waals surface area (Å²) in [5, 5.41) is 10.6. The first-order chi connectivity index (χ1) is 8.24. The second-order valence-corrected chi connectivity index (χ2v) is 5.34. The summed E-state index contributed by atoms with van der Waals surface area (Å²) in [4.78, 5) is 0. The summed E-state index contributed by atoms with van der Waals surface area (Å²) in [6, 6.07) is 1.80. The smallest absolute Gasteiger partial charge is 0.0416 e. The summed E-state index contributed by atoms with van der Waals surface area (Å²) in [6.45, 7) is 6.47. The molecular formula is C14H25N3. The Morgan fingerprint density at radius 2 is 2.24 bits per heavy atom. The Morgan fingerprint density at radius 3 is 3.00 bits per heavy atom. The normalized spacial score (nSPS) is 33.1. The van der Waals surface area contributed by atoms with E-state index in [4.69, 9.17) is 0 Å². The zero-order valence-electron chi connectivity index (χ0n) is 11.0.